The van der Waals surface area contributed by atoms with Crippen molar-refractivity contribution in [2.75, 3.05) is 6.54 Å². The molecule has 5 heteroatoms. The lowest BCUT2D eigenvalue weighted by Gasteiger charge is -2.04. The highest BCUT2D eigenvalue weighted by Crippen LogP contribution is 2.03. The van der Waals surface area contributed by atoms with Crippen LogP contribution in [0.15, 0.2) is 28.8 Å². The molecular formula is C13H15N3O2. The molecule has 0 bridgehead atoms. The number of benzene rings is 1. The third-order valence-electron chi connectivity index (χ3n) is 2.48. The van der Waals surface area contributed by atoms with Crippen LogP contribution in [-0.4, -0.2) is 22.6 Å². The molecule has 1 heterocycles. The van der Waals surface area contributed by atoms with E-state index in [0.29, 0.717) is 30.2 Å². The van der Waals surface area contributed by atoms with Crippen molar-refractivity contribution < 1.29 is 9.32 Å². The number of carbonyl (C=O) groups is 1. The summed E-state index contributed by atoms with van der Waals surface area (Å²) < 4.78 is 4.85. The number of amides is 1. The molecule has 0 aliphatic carbocycles. The highest BCUT2D eigenvalue weighted by molar-refractivity contribution is 5.94. The molecule has 94 valence electrons. The molecule has 0 aliphatic rings. The van der Waals surface area contributed by atoms with Gasteiger partial charge in [-0.05, 0) is 19.1 Å². The van der Waals surface area contributed by atoms with E-state index in [9.17, 15) is 4.79 Å². The van der Waals surface area contributed by atoms with Crippen LogP contribution in [0.5, 0.6) is 0 Å². The van der Waals surface area contributed by atoms with E-state index in [0.717, 1.165) is 5.56 Å². The fourth-order valence-electron chi connectivity index (χ4n) is 1.62. The third kappa shape index (κ3) is 3.16. The summed E-state index contributed by atoms with van der Waals surface area (Å²) in [6.45, 7) is 4.19. The summed E-state index contributed by atoms with van der Waals surface area (Å²) in [6.07, 6.45) is 0.564. The van der Waals surface area contributed by atoms with E-state index < -0.39 is 0 Å². The van der Waals surface area contributed by atoms with Gasteiger partial charge in [0.15, 0.2) is 5.82 Å². The molecule has 1 amide bonds. The average Bonchev–Trinajstić information content (AvgIpc) is 2.75. The lowest BCUT2D eigenvalue weighted by molar-refractivity contribution is 0.0954. The van der Waals surface area contributed by atoms with E-state index in [4.69, 9.17) is 4.52 Å². The zero-order valence-corrected chi connectivity index (χ0v) is 10.4. The smallest absolute Gasteiger partial charge is 0.251 e. The maximum atomic E-state index is 11.8. The molecule has 0 radical (unpaired) electrons. The van der Waals surface area contributed by atoms with Gasteiger partial charge in [0, 0.05) is 25.5 Å². The van der Waals surface area contributed by atoms with E-state index in [1.807, 2.05) is 25.1 Å². The van der Waals surface area contributed by atoms with Crippen molar-refractivity contribution in [3.8, 4) is 0 Å². The van der Waals surface area contributed by atoms with Gasteiger partial charge in [-0.2, -0.15) is 4.98 Å². The number of rotatable bonds is 4. The Morgan fingerprint density at radius 1 is 1.39 bits per heavy atom. The summed E-state index contributed by atoms with van der Waals surface area (Å²) in [5, 5.41) is 6.59. The lowest BCUT2D eigenvalue weighted by Crippen LogP contribution is -2.25. The van der Waals surface area contributed by atoms with Gasteiger partial charge in [0.2, 0.25) is 5.89 Å². The van der Waals surface area contributed by atoms with Gasteiger partial charge in [0.05, 0.1) is 0 Å². The van der Waals surface area contributed by atoms with E-state index >= 15 is 0 Å². The second-order valence-corrected chi connectivity index (χ2v) is 4.11. The predicted molar refractivity (Wildman–Crippen MR) is 66.3 cm³/mol. The summed E-state index contributed by atoms with van der Waals surface area (Å²) in [4.78, 5) is 15.9. The molecule has 1 aromatic carbocycles. The summed E-state index contributed by atoms with van der Waals surface area (Å²) in [6, 6.07) is 7.47. The first-order valence-corrected chi connectivity index (χ1v) is 5.79. The molecular weight excluding hydrogens is 230 g/mol. The van der Waals surface area contributed by atoms with Crippen molar-refractivity contribution in [1.82, 2.24) is 15.5 Å². The Balaban J connectivity index is 1.85. The minimum Gasteiger partial charge on any atom is -0.352 e. The molecule has 0 unspecified atom stereocenters. The zero-order valence-electron chi connectivity index (χ0n) is 10.4. The van der Waals surface area contributed by atoms with Gasteiger partial charge in [0.1, 0.15) is 0 Å². The van der Waals surface area contributed by atoms with E-state index in [2.05, 4.69) is 15.5 Å². The Bertz CT molecular complexity index is 549. The van der Waals surface area contributed by atoms with Gasteiger partial charge < -0.3 is 9.84 Å². The maximum absolute atomic E-state index is 11.8. The van der Waals surface area contributed by atoms with Crippen LogP contribution in [0.3, 0.4) is 0 Å². The largest absolute Gasteiger partial charge is 0.352 e. The van der Waals surface area contributed by atoms with Gasteiger partial charge in [-0.15, -0.1) is 0 Å². The molecule has 0 saturated carbocycles. The Morgan fingerprint density at radius 2 is 2.22 bits per heavy atom. The topological polar surface area (TPSA) is 68.0 Å². The number of nitrogens with one attached hydrogen (secondary N) is 1. The summed E-state index contributed by atoms with van der Waals surface area (Å²) >= 11 is 0. The van der Waals surface area contributed by atoms with Gasteiger partial charge in [-0.25, -0.2) is 0 Å². The minimum atomic E-state index is -0.0843. The van der Waals surface area contributed by atoms with Crippen LogP contribution in [0.2, 0.25) is 0 Å². The van der Waals surface area contributed by atoms with Gasteiger partial charge in [-0.3, -0.25) is 4.79 Å². The highest BCUT2D eigenvalue weighted by atomic mass is 16.5. The van der Waals surface area contributed by atoms with Crippen molar-refractivity contribution in [2.24, 2.45) is 0 Å². The average molecular weight is 245 g/mol. The molecule has 0 spiro atoms. The van der Waals surface area contributed by atoms with Gasteiger partial charge in [-0.1, -0.05) is 22.9 Å². The Kier molecular flexibility index (Phi) is 3.72. The van der Waals surface area contributed by atoms with Crippen molar-refractivity contribution in [3.05, 3.63) is 47.1 Å². The van der Waals surface area contributed by atoms with Crippen LogP contribution < -0.4 is 5.32 Å². The number of hydrogen-bond acceptors (Lipinski definition) is 4. The first-order chi connectivity index (χ1) is 8.65. The van der Waals surface area contributed by atoms with Crippen LogP contribution in [-0.2, 0) is 6.42 Å². The molecule has 0 atom stereocenters. The number of aryl methyl sites for hydroxylation is 2. The first-order valence-electron chi connectivity index (χ1n) is 5.79. The zero-order chi connectivity index (χ0) is 13.0. The molecule has 0 fully saturated rings. The van der Waals surface area contributed by atoms with Crippen molar-refractivity contribution in [1.29, 1.82) is 0 Å². The number of aromatic nitrogens is 2. The van der Waals surface area contributed by atoms with E-state index in [1.165, 1.54) is 0 Å². The fraction of sp³-hybridized carbons (Fsp3) is 0.308. The second kappa shape index (κ2) is 5.44. The predicted octanol–water partition coefficient (Wildman–Crippen LogP) is 1.66. The first kappa shape index (κ1) is 12.3. The normalized spacial score (nSPS) is 10.3. The van der Waals surface area contributed by atoms with Crippen LogP contribution in [0.4, 0.5) is 0 Å². The van der Waals surface area contributed by atoms with Gasteiger partial charge in [0.25, 0.3) is 5.91 Å². The molecule has 1 aromatic heterocycles. The second-order valence-electron chi connectivity index (χ2n) is 4.11. The molecule has 0 aliphatic heterocycles. The van der Waals surface area contributed by atoms with Crippen LogP contribution in [0.1, 0.15) is 27.6 Å². The molecule has 0 saturated heterocycles. The summed E-state index contributed by atoms with van der Waals surface area (Å²) in [5.74, 6) is 1.06. The fourth-order valence-corrected chi connectivity index (χ4v) is 1.62. The highest BCUT2D eigenvalue weighted by Gasteiger charge is 2.06. The standard InChI is InChI=1S/C13H15N3O2/c1-9-4-3-5-11(8-9)13(17)14-7-6-12-15-10(2)18-16-12/h3-5,8H,6-7H2,1-2H3,(H,14,17). The molecule has 18 heavy (non-hydrogen) atoms. The molecule has 2 aromatic rings. The Labute approximate surface area is 105 Å². The molecule has 1 N–H and O–H groups in total. The SMILES string of the molecule is Cc1cccc(C(=O)NCCc2noc(C)n2)c1. The summed E-state index contributed by atoms with van der Waals surface area (Å²) in [5.41, 5.74) is 1.73. The monoisotopic (exact) mass is 245 g/mol. The van der Waals surface area contributed by atoms with E-state index in [-0.39, 0.29) is 5.91 Å². The minimum absolute atomic E-state index is 0.0843. The van der Waals surface area contributed by atoms with Crippen LogP contribution >= 0.6 is 0 Å². The molecule has 2 rings (SSSR count). The van der Waals surface area contributed by atoms with Crippen LogP contribution in [0, 0.1) is 13.8 Å². The number of carbonyl (C=O) groups excluding carboxylic acids is 1. The summed E-state index contributed by atoms with van der Waals surface area (Å²) in [7, 11) is 0. The lowest BCUT2D eigenvalue weighted by atomic mass is 10.1. The van der Waals surface area contributed by atoms with Crippen molar-refractivity contribution in [3.63, 3.8) is 0 Å². The maximum Gasteiger partial charge on any atom is 0.251 e. The van der Waals surface area contributed by atoms with Crippen molar-refractivity contribution >= 4 is 5.91 Å². The number of nitrogens with zero attached hydrogens (tertiary/aromatic N) is 2. The Hall–Kier alpha value is -2.17. The van der Waals surface area contributed by atoms with Crippen LogP contribution in [0.25, 0.3) is 0 Å². The quantitative estimate of drug-likeness (QED) is 0.889. The van der Waals surface area contributed by atoms with E-state index in [1.54, 1.807) is 13.0 Å². The number of hydrogen-bond donors (Lipinski definition) is 1. The van der Waals surface area contributed by atoms with Gasteiger partial charge >= 0.3 is 0 Å². The van der Waals surface area contributed by atoms with Crippen molar-refractivity contribution in [2.45, 2.75) is 20.3 Å². The Morgan fingerprint density at radius 3 is 2.89 bits per heavy atom. The molecule has 5 nitrogen and oxygen atoms in total. The third-order valence-corrected chi connectivity index (χ3v) is 2.48.